The van der Waals surface area contributed by atoms with Gasteiger partial charge in [0.2, 0.25) is 0 Å². The number of hydrogen-bond acceptors (Lipinski definition) is 4. The summed E-state index contributed by atoms with van der Waals surface area (Å²) < 4.78 is 13.9. The maximum atomic E-state index is 9.57. The summed E-state index contributed by atoms with van der Waals surface area (Å²) in [5.74, 6) is 1.67. The summed E-state index contributed by atoms with van der Waals surface area (Å²) >= 11 is 0. The highest BCUT2D eigenvalue weighted by Crippen LogP contribution is 2.47. The molecule has 2 N–H and O–H groups in total. The van der Waals surface area contributed by atoms with Crippen LogP contribution in [0, 0.1) is 0 Å². The van der Waals surface area contributed by atoms with E-state index < -0.39 is 16.8 Å². The average molecular weight is 659 g/mol. The molecule has 4 aromatic carbocycles. The first-order valence-electron chi connectivity index (χ1n) is 16.0. The third-order valence-electron chi connectivity index (χ3n) is 8.18. The van der Waals surface area contributed by atoms with E-state index in [9.17, 15) is 9.79 Å². The largest absolute Gasteiger partial charge is 0.435 e. The van der Waals surface area contributed by atoms with E-state index >= 15 is 0 Å². The summed E-state index contributed by atoms with van der Waals surface area (Å²) in [6.45, 7) is 26.8. The molecule has 6 heteroatoms. The van der Waals surface area contributed by atoms with Crippen LogP contribution in [0.5, 0.6) is 11.5 Å². The molecule has 0 saturated carbocycles. The van der Waals surface area contributed by atoms with Crippen molar-refractivity contribution >= 4 is 27.4 Å². The zero-order valence-electron chi connectivity index (χ0n) is 29.7. The van der Waals surface area contributed by atoms with Crippen molar-refractivity contribution in [3.8, 4) is 22.6 Å². The van der Waals surface area contributed by atoms with Gasteiger partial charge in [-0.25, -0.2) is 0 Å². The van der Waals surface area contributed by atoms with Crippen molar-refractivity contribution in [2.24, 2.45) is 0 Å². The lowest BCUT2D eigenvalue weighted by molar-refractivity contribution is 0.466. The Morgan fingerprint density at radius 1 is 0.435 bits per heavy atom. The number of rotatable bonds is 7. The van der Waals surface area contributed by atoms with E-state index in [-0.39, 0.29) is 21.7 Å². The summed E-state index contributed by atoms with van der Waals surface area (Å²) in [5.41, 5.74) is 6.63. The van der Waals surface area contributed by atoms with Crippen LogP contribution in [0.3, 0.4) is 0 Å². The fourth-order valence-corrected chi connectivity index (χ4v) is 6.92. The number of hydrogen-bond donors (Lipinski definition) is 2. The van der Waals surface area contributed by atoms with Crippen LogP contribution in [-0.2, 0) is 21.7 Å². The number of benzene rings is 4. The van der Waals surface area contributed by atoms with Crippen LogP contribution in [0.2, 0.25) is 0 Å². The first-order valence-corrected chi connectivity index (χ1v) is 18.4. The molecule has 0 amide bonds. The summed E-state index contributed by atoms with van der Waals surface area (Å²) in [6, 6.07) is 28.8. The zero-order valence-corrected chi connectivity index (χ0v) is 31.5. The van der Waals surface area contributed by atoms with Crippen molar-refractivity contribution in [1.29, 1.82) is 0 Å². The topological polar surface area (TPSA) is 58.9 Å². The fourth-order valence-electron chi connectivity index (χ4n) is 5.19. The molecule has 0 aromatic heterocycles. The molecule has 0 bridgehead atoms. The minimum atomic E-state index is -2.11. The van der Waals surface area contributed by atoms with Crippen molar-refractivity contribution in [2.75, 3.05) is 0 Å². The van der Waals surface area contributed by atoms with Crippen LogP contribution >= 0.6 is 16.8 Å². The molecule has 0 saturated heterocycles. The maximum absolute atomic E-state index is 9.57. The lowest BCUT2D eigenvalue weighted by Crippen LogP contribution is -2.20. The molecule has 4 rings (SSSR count). The molecule has 0 atom stereocenters. The molecule has 0 spiro atoms. The van der Waals surface area contributed by atoms with Gasteiger partial charge in [-0.2, -0.15) is 0 Å². The van der Waals surface area contributed by atoms with Gasteiger partial charge in [-0.1, -0.05) is 132 Å². The Kier molecular flexibility index (Phi) is 10.5. The van der Waals surface area contributed by atoms with E-state index in [2.05, 4.69) is 144 Å². The quantitative estimate of drug-likeness (QED) is 0.194. The van der Waals surface area contributed by atoms with Gasteiger partial charge in [0.1, 0.15) is 11.5 Å². The Morgan fingerprint density at radius 3 is 1.09 bits per heavy atom. The highest BCUT2D eigenvalue weighted by molar-refractivity contribution is 7.56. The molecule has 0 heterocycles. The Morgan fingerprint density at radius 2 is 0.783 bits per heavy atom. The highest BCUT2D eigenvalue weighted by atomic mass is 31.2. The van der Waals surface area contributed by atoms with Gasteiger partial charge in [-0.15, -0.1) is 0 Å². The van der Waals surface area contributed by atoms with Crippen molar-refractivity contribution in [3.05, 3.63) is 107 Å². The molecule has 0 aliphatic rings. The van der Waals surface area contributed by atoms with Gasteiger partial charge in [0, 0.05) is 16.4 Å². The van der Waals surface area contributed by atoms with E-state index in [0.29, 0.717) is 5.30 Å². The maximum Gasteiger partial charge on any atom is 0.326 e. The molecule has 4 aromatic rings. The molecular formula is C40H52O4P2. The monoisotopic (exact) mass is 658 g/mol. The molecule has 0 radical (unpaired) electrons. The van der Waals surface area contributed by atoms with E-state index in [4.69, 9.17) is 9.05 Å². The lowest BCUT2D eigenvalue weighted by atomic mass is 9.80. The molecule has 46 heavy (non-hydrogen) atoms. The molecule has 0 fully saturated rings. The first kappa shape index (κ1) is 36.1. The van der Waals surface area contributed by atoms with Gasteiger partial charge in [0.05, 0.1) is 5.30 Å². The molecule has 0 aliphatic carbocycles. The third-order valence-corrected chi connectivity index (χ3v) is 10.4. The van der Waals surface area contributed by atoms with Crippen LogP contribution < -0.4 is 19.7 Å². The van der Waals surface area contributed by atoms with Crippen molar-refractivity contribution in [2.45, 2.75) is 105 Å². The van der Waals surface area contributed by atoms with Crippen molar-refractivity contribution in [1.82, 2.24) is 0 Å². The molecule has 0 aliphatic heterocycles. The highest BCUT2D eigenvalue weighted by Gasteiger charge is 2.29. The summed E-state index contributed by atoms with van der Waals surface area (Å²) in [5, 5.41) is 1.49. The van der Waals surface area contributed by atoms with E-state index in [1.54, 1.807) is 12.1 Å². The predicted octanol–water partition coefficient (Wildman–Crippen LogP) is 10.6. The molecular weight excluding hydrogens is 606 g/mol. The molecule has 0 unspecified atom stereocenters. The summed E-state index contributed by atoms with van der Waals surface area (Å²) in [4.78, 5) is 19.1. The standard InChI is InChI=1S/C40H52O4P2/c1-37(2,3)29-17-23-35(33(25-29)39(7,8)9)43-46(44-36-24-18-30(38(4,5)6)26-34(36)40(10,11)12)32-21-15-28(16-22-32)27-13-19-31(20-14-27)45(41)42/h13-26,41-42H,1-12H3. The van der Waals surface area contributed by atoms with Crippen molar-refractivity contribution < 1.29 is 18.8 Å². The lowest BCUT2D eigenvalue weighted by Gasteiger charge is -2.30. The summed E-state index contributed by atoms with van der Waals surface area (Å²) in [7, 11) is -3.68. The van der Waals surface area contributed by atoms with Crippen LogP contribution in [0.25, 0.3) is 11.1 Å². The van der Waals surface area contributed by atoms with Crippen molar-refractivity contribution in [3.63, 3.8) is 0 Å². The van der Waals surface area contributed by atoms with Gasteiger partial charge >= 0.3 is 8.38 Å². The Labute approximate surface area is 280 Å². The van der Waals surface area contributed by atoms with E-state index in [1.807, 2.05) is 12.1 Å². The van der Waals surface area contributed by atoms with Crippen LogP contribution in [0.4, 0.5) is 0 Å². The van der Waals surface area contributed by atoms with Crippen LogP contribution in [0.1, 0.15) is 105 Å². The second-order valence-corrected chi connectivity index (χ2v) is 18.7. The Balaban J connectivity index is 1.82. The second-order valence-electron chi connectivity index (χ2n) is 16.2. The summed E-state index contributed by atoms with van der Waals surface area (Å²) in [6.07, 6.45) is 0. The minimum absolute atomic E-state index is 0.0144. The third kappa shape index (κ3) is 8.78. The zero-order chi connectivity index (χ0) is 34.2. The van der Waals surface area contributed by atoms with Gasteiger partial charge in [0.25, 0.3) is 0 Å². The van der Waals surface area contributed by atoms with E-state index in [1.165, 1.54) is 11.1 Å². The average Bonchev–Trinajstić information content (AvgIpc) is 2.95. The SMILES string of the molecule is CC(C)(C)c1ccc(OP(Oc2ccc(C(C)(C)C)cc2C(C)(C)C)c2ccc(-c3ccc(P(O)O)cc3)cc2)c(C(C)(C)C)c1. The van der Waals surface area contributed by atoms with Gasteiger partial charge in [-0.05, 0) is 80.3 Å². The Bertz CT molecular complexity index is 1550. The van der Waals surface area contributed by atoms with Gasteiger partial charge < -0.3 is 18.8 Å². The molecule has 4 nitrogen and oxygen atoms in total. The van der Waals surface area contributed by atoms with Gasteiger partial charge in [-0.3, -0.25) is 0 Å². The predicted molar refractivity (Wildman–Crippen MR) is 198 cm³/mol. The first-order chi connectivity index (χ1) is 21.1. The van der Waals surface area contributed by atoms with E-state index in [0.717, 1.165) is 39.1 Å². The normalized spacial score (nSPS) is 13.0. The second kappa shape index (κ2) is 13.4. The van der Waals surface area contributed by atoms with Crippen LogP contribution in [-0.4, -0.2) is 9.79 Å². The van der Waals surface area contributed by atoms with Crippen LogP contribution in [0.15, 0.2) is 84.9 Å². The molecule has 246 valence electrons. The Hall–Kier alpha value is -2.74. The smallest absolute Gasteiger partial charge is 0.326 e. The minimum Gasteiger partial charge on any atom is -0.435 e. The fraction of sp³-hybridized carbons (Fsp3) is 0.400. The van der Waals surface area contributed by atoms with Gasteiger partial charge in [0.15, 0.2) is 8.38 Å².